The molecule has 0 radical (unpaired) electrons. The minimum absolute atomic E-state index is 0.0970. The molecule has 0 aliphatic carbocycles. The van der Waals surface area contributed by atoms with Crippen molar-refractivity contribution >= 4 is 17.6 Å². The van der Waals surface area contributed by atoms with Gasteiger partial charge in [0.05, 0.1) is 19.6 Å². The largest absolute Gasteiger partial charge is 0.480 e. The van der Waals surface area contributed by atoms with Gasteiger partial charge < -0.3 is 20.5 Å². The van der Waals surface area contributed by atoms with Crippen LogP contribution in [0.15, 0.2) is 18.2 Å². The van der Waals surface area contributed by atoms with Crippen LogP contribution < -0.4 is 10.6 Å². The van der Waals surface area contributed by atoms with Crippen molar-refractivity contribution in [3.05, 3.63) is 29.3 Å². The fourth-order valence-electron chi connectivity index (χ4n) is 2.99. The molecule has 0 spiro atoms. The van der Waals surface area contributed by atoms with Crippen molar-refractivity contribution in [1.29, 1.82) is 0 Å². The molecule has 1 fully saturated rings. The fraction of sp³-hybridized carbons (Fsp3) is 0.579. The predicted octanol–water partition coefficient (Wildman–Crippen LogP) is 1.40. The second-order valence-electron chi connectivity index (χ2n) is 6.72. The number of morpholine rings is 1. The second-order valence-corrected chi connectivity index (χ2v) is 6.72. The van der Waals surface area contributed by atoms with Crippen LogP contribution in [0.5, 0.6) is 0 Å². The summed E-state index contributed by atoms with van der Waals surface area (Å²) in [5, 5.41) is 15.1. The maximum absolute atomic E-state index is 12.2. The highest BCUT2D eigenvalue weighted by molar-refractivity contribution is 5.94. The van der Waals surface area contributed by atoms with Crippen molar-refractivity contribution in [3.63, 3.8) is 0 Å². The number of carbonyl (C=O) groups is 2. The normalized spacial score (nSPS) is 16.2. The maximum atomic E-state index is 12.2. The molecule has 1 heterocycles. The van der Waals surface area contributed by atoms with Gasteiger partial charge in [-0.2, -0.15) is 0 Å². The minimum Gasteiger partial charge on any atom is -0.480 e. The van der Waals surface area contributed by atoms with Crippen molar-refractivity contribution in [2.75, 3.05) is 44.7 Å². The zero-order chi connectivity index (χ0) is 18.9. The third kappa shape index (κ3) is 6.74. The average molecular weight is 363 g/mol. The van der Waals surface area contributed by atoms with Gasteiger partial charge in [0.25, 0.3) is 0 Å². The smallest absolute Gasteiger partial charge is 0.321 e. The Labute approximate surface area is 154 Å². The number of hydrogen-bond donors (Lipinski definition) is 3. The number of benzene rings is 1. The van der Waals surface area contributed by atoms with Gasteiger partial charge in [-0.25, -0.2) is 0 Å². The zero-order valence-electron chi connectivity index (χ0n) is 15.6. The molecule has 144 valence electrons. The summed E-state index contributed by atoms with van der Waals surface area (Å²) in [5.74, 6) is -1.31. The summed E-state index contributed by atoms with van der Waals surface area (Å²) in [6.07, 6.45) is 0.739. The van der Waals surface area contributed by atoms with E-state index >= 15 is 0 Å². The first-order chi connectivity index (χ1) is 12.5. The van der Waals surface area contributed by atoms with E-state index in [-0.39, 0.29) is 12.3 Å². The van der Waals surface area contributed by atoms with Gasteiger partial charge >= 0.3 is 5.97 Å². The van der Waals surface area contributed by atoms with Crippen LogP contribution >= 0.6 is 0 Å². The Kier molecular flexibility index (Phi) is 8.03. The van der Waals surface area contributed by atoms with Crippen LogP contribution in [0.4, 0.5) is 5.69 Å². The number of carboxylic acids is 1. The first kappa shape index (κ1) is 20.4. The Hall–Kier alpha value is -1.96. The number of anilines is 1. The summed E-state index contributed by atoms with van der Waals surface area (Å²) >= 11 is 0. The minimum atomic E-state index is -1.01. The van der Waals surface area contributed by atoms with Gasteiger partial charge in [-0.05, 0) is 45.0 Å². The molecular weight excluding hydrogens is 334 g/mol. The maximum Gasteiger partial charge on any atom is 0.321 e. The quantitative estimate of drug-likeness (QED) is 0.575. The Morgan fingerprint density at radius 3 is 2.65 bits per heavy atom. The van der Waals surface area contributed by atoms with Crippen molar-refractivity contribution in [3.8, 4) is 0 Å². The molecule has 0 bridgehead atoms. The van der Waals surface area contributed by atoms with E-state index in [0.29, 0.717) is 6.54 Å². The Bertz CT molecular complexity index is 615. The van der Waals surface area contributed by atoms with Crippen LogP contribution in [0, 0.1) is 13.8 Å². The van der Waals surface area contributed by atoms with E-state index in [0.717, 1.165) is 56.1 Å². The lowest BCUT2D eigenvalue weighted by molar-refractivity contribution is -0.141. The summed E-state index contributed by atoms with van der Waals surface area (Å²) in [6.45, 7) is 8.71. The molecule has 1 atom stereocenters. The predicted molar refractivity (Wildman–Crippen MR) is 100 cm³/mol. The number of nitrogens with one attached hydrogen (secondary N) is 2. The number of nitrogens with zero attached hydrogens (tertiary/aromatic N) is 1. The third-order valence-corrected chi connectivity index (χ3v) is 4.49. The molecule has 1 aromatic carbocycles. The van der Waals surface area contributed by atoms with Gasteiger partial charge in [0, 0.05) is 18.8 Å². The molecule has 1 aliphatic rings. The van der Waals surface area contributed by atoms with Crippen LogP contribution in [0.2, 0.25) is 0 Å². The molecule has 7 nitrogen and oxygen atoms in total. The summed E-state index contributed by atoms with van der Waals surface area (Å²) in [6, 6.07) is 4.86. The highest BCUT2D eigenvalue weighted by Crippen LogP contribution is 2.16. The Morgan fingerprint density at radius 2 is 2.00 bits per heavy atom. The number of carbonyl (C=O) groups excluding carboxylic acids is 1. The van der Waals surface area contributed by atoms with E-state index in [4.69, 9.17) is 4.74 Å². The molecule has 1 aliphatic heterocycles. The first-order valence-corrected chi connectivity index (χ1v) is 9.09. The summed E-state index contributed by atoms with van der Waals surface area (Å²) in [4.78, 5) is 25.9. The lowest BCUT2D eigenvalue weighted by Crippen LogP contribution is -2.42. The highest BCUT2D eigenvalue weighted by atomic mass is 16.5. The molecule has 26 heavy (non-hydrogen) atoms. The van der Waals surface area contributed by atoms with Gasteiger partial charge in [0.2, 0.25) is 5.91 Å². The lowest BCUT2D eigenvalue weighted by Gasteiger charge is -2.26. The van der Waals surface area contributed by atoms with E-state index < -0.39 is 12.0 Å². The molecule has 1 aromatic rings. The molecule has 0 saturated carbocycles. The van der Waals surface area contributed by atoms with Crippen LogP contribution in [0.25, 0.3) is 0 Å². The number of ether oxygens (including phenoxy) is 1. The van der Waals surface area contributed by atoms with Crippen molar-refractivity contribution in [1.82, 2.24) is 10.2 Å². The van der Waals surface area contributed by atoms with E-state index in [1.54, 1.807) is 0 Å². The fourth-order valence-corrected chi connectivity index (χ4v) is 2.99. The number of hydrogen-bond acceptors (Lipinski definition) is 5. The highest BCUT2D eigenvalue weighted by Gasteiger charge is 2.21. The van der Waals surface area contributed by atoms with Gasteiger partial charge in [-0.15, -0.1) is 0 Å². The van der Waals surface area contributed by atoms with Gasteiger partial charge in [-0.1, -0.05) is 17.7 Å². The molecule has 0 aromatic heterocycles. The average Bonchev–Trinajstić information content (AvgIpc) is 2.61. The second kappa shape index (κ2) is 10.3. The van der Waals surface area contributed by atoms with Crippen molar-refractivity contribution < 1.29 is 19.4 Å². The van der Waals surface area contributed by atoms with Crippen molar-refractivity contribution in [2.45, 2.75) is 32.7 Å². The summed E-state index contributed by atoms with van der Waals surface area (Å²) in [7, 11) is 0. The zero-order valence-corrected chi connectivity index (χ0v) is 15.6. The number of amides is 1. The monoisotopic (exact) mass is 363 g/mol. The number of aliphatic carboxylic acids is 1. The van der Waals surface area contributed by atoms with Crippen molar-refractivity contribution in [2.24, 2.45) is 0 Å². The number of aryl methyl sites for hydroxylation is 2. The van der Waals surface area contributed by atoms with Gasteiger partial charge in [0.15, 0.2) is 0 Å². The molecule has 0 unspecified atom stereocenters. The topological polar surface area (TPSA) is 90.9 Å². The van der Waals surface area contributed by atoms with Crippen LogP contribution in [0.3, 0.4) is 0 Å². The third-order valence-electron chi connectivity index (χ3n) is 4.49. The Balaban J connectivity index is 1.75. The van der Waals surface area contributed by atoms with Crippen LogP contribution in [0.1, 0.15) is 24.0 Å². The van der Waals surface area contributed by atoms with E-state index in [1.165, 1.54) is 0 Å². The van der Waals surface area contributed by atoms with Gasteiger partial charge in [-0.3, -0.25) is 14.5 Å². The van der Waals surface area contributed by atoms with E-state index in [2.05, 4.69) is 15.5 Å². The molecule has 7 heteroatoms. The SMILES string of the molecule is Cc1ccc(NC(=O)C[C@@H](NCCCN2CCOCC2)C(=O)O)c(C)c1. The molecular formula is C19H29N3O4. The molecule has 3 N–H and O–H groups in total. The molecule has 1 amide bonds. The van der Waals surface area contributed by atoms with E-state index in [9.17, 15) is 14.7 Å². The van der Waals surface area contributed by atoms with Crippen LogP contribution in [-0.2, 0) is 14.3 Å². The number of rotatable bonds is 9. The lowest BCUT2D eigenvalue weighted by atomic mass is 10.1. The summed E-state index contributed by atoms with van der Waals surface area (Å²) < 4.78 is 5.30. The molecule has 1 saturated heterocycles. The summed E-state index contributed by atoms with van der Waals surface area (Å²) in [5.41, 5.74) is 2.80. The van der Waals surface area contributed by atoms with Crippen LogP contribution in [-0.4, -0.2) is 67.3 Å². The first-order valence-electron chi connectivity index (χ1n) is 9.09. The Morgan fingerprint density at radius 1 is 1.27 bits per heavy atom. The molecule has 2 rings (SSSR count). The van der Waals surface area contributed by atoms with Gasteiger partial charge in [0.1, 0.15) is 6.04 Å². The number of carboxylic acid groups (broad SMARTS) is 1. The standard InChI is InChI=1S/C19H29N3O4/c1-14-4-5-16(15(2)12-14)21-18(23)13-17(19(24)25)20-6-3-7-22-8-10-26-11-9-22/h4-5,12,17,20H,3,6-11,13H2,1-2H3,(H,21,23)(H,24,25)/t17-/m1/s1. The van der Waals surface area contributed by atoms with E-state index in [1.807, 2.05) is 32.0 Å².